The van der Waals surface area contributed by atoms with Gasteiger partial charge in [-0.25, -0.2) is 0 Å². The van der Waals surface area contributed by atoms with Gasteiger partial charge in [-0.05, 0) is 21.5 Å². The Balaban J connectivity index is 0.967. The van der Waals surface area contributed by atoms with E-state index in [1.54, 1.807) is 0 Å². The first-order valence-corrected chi connectivity index (χ1v) is 36.3. The third kappa shape index (κ3) is 9.27. The molecule has 0 bridgehead atoms. The van der Waals surface area contributed by atoms with Crippen molar-refractivity contribution in [3.05, 3.63) is 339 Å². The summed E-state index contributed by atoms with van der Waals surface area (Å²) in [6.07, 6.45) is 5.62. The average Bonchev–Trinajstić information content (AvgIpc) is 1.48. The first-order chi connectivity index (χ1) is 42.5. The Labute approximate surface area is 507 Å². The summed E-state index contributed by atoms with van der Waals surface area (Å²) in [4.78, 5) is 13.9. The van der Waals surface area contributed by atoms with E-state index in [0.717, 1.165) is 96.5 Å². The Morgan fingerprint density at radius 3 is 0.885 bits per heavy atom. The Hall–Kier alpha value is -9.06. The van der Waals surface area contributed by atoms with Gasteiger partial charge in [-0.3, -0.25) is 0 Å². The second kappa shape index (κ2) is 22.7. The monoisotopic (exact) mass is 1200 g/mol. The first kappa shape index (κ1) is 55.8. The van der Waals surface area contributed by atoms with Gasteiger partial charge in [-0.15, -0.1) is 0 Å². The van der Waals surface area contributed by atoms with Gasteiger partial charge in [-0.1, -0.05) is 146 Å². The normalized spacial score (nSPS) is 12.9. The second-order valence-corrected chi connectivity index (χ2v) is 33.5. The van der Waals surface area contributed by atoms with Gasteiger partial charge in [0, 0.05) is 0 Å². The maximum atomic E-state index is 17.5. The average molecular weight is 1200 g/mol. The topological polar surface area (TPSA) is 71.4 Å². The van der Waals surface area contributed by atoms with E-state index < -0.39 is 28.9 Å². The molecule has 0 aliphatic heterocycles. The summed E-state index contributed by atoms with van der Waals surface area (Å²) in [6, 6.07) is 99.9. The van der Waals surface area contributed by atoms with Crippen LogP contribution in [0.3, 0.4) is 0 Å². The van der Waals surface area contributed by atoms with Gasteiger partial charge in [0.2, 0.25) is 0 Å². The van der Waals surface area contributed by atoms with Crippen molar-refractivity contribution in [2.24, 2.45) is 0 Å². The predicted octanol–water partition coefficient (Wildman–Crippen LogP) is 16.5. The molecule has 87 heavy (non-hydrogen) atoms. The van der Waals surface area contributed by atoms with Crippen LogP contribution >= 0.6 is 28.9 Å². The van der Waals surface area contributed by atoms with Crippen molar-refractivity contribution >= 4 is 147 Å². The fourth-order valence-electron chi connectivity index (χ4n) is 13.2. The summed E-state index contributed by atoms with van der Waals surface area (Å²) in [5, 5.41) is 19.0. The van der Waals surface area contributed by atoms with Crippen LogP contribution in [0.25, 0.3) is 64.6 Å². The first-order valence-electron chi connectivity index (χ1n) is 29.2. The standard InChI is InChI=1S/C79H60O4P4/c1-3-63(47-46-56(2)84(80,74-40-16-28-57-22-4-10-34-68(57)74)75-41-17-29-58-23-5-11-35-69(58)75)85(81,64-48-52-66(53-49-64)86(82,76-42-18-30-59-24-6-12-36-70(59)76)77-43-19-31-60-25-7-13-37-71(60)77)65-50-54-67(55-51-65)87(83,78-44-20-32-61-26-8-14-38-72(61)78)79-45-21-33-62-27-9-15-39-73(62)79/h3-55,80,84H,2H2,1H3/b47-46-,63-3+. The molecule has 0 saturated heterocycles. The molecule has 0 amide bonds. The van der Waals surface area contributed by atoms with E-state index in [4.69, 9.17) is 6.58 Å². The zero-order valence-electron chi connectivity index (χ0n) is 47.8. The van der Waals surface area contributed by atoms with Gasteiger partial charge in [0.05, 0.1) is 0 Å². The molecule has 0 aromatic heterocycles. The third-order valence-corrected chi connectivity index (χ3v) is 30.6. The zero-order valence-corrected chi connectivity index (χ0v) is 51.5. The van der Waals surface area contributed by atoms with Crippen LogP contribution in [0.4, 0.5) is 0 Å². The molecule has 0 unspecified atom stereocenters. The van der Waals surface area contributed by atoms with Gasteiger partial charge in [-0.2, -0.15) is 0 Å². The molecule has 0 heterocycles. The van der Waals surface area contributed by atoms with E-state index in [0.29, 0.717) is 31.8 Å². The van der Waals surface area contributed by atoms with E-state index in [1.165, 1.54) is 0 Å². The minimum atomic E-state index is -3.97. The Kier molecular flexibility index (Phi) is 14.5. The van der Waals surface area contributed by atoms with E-state index in [2.05, 4.69) is 36.4 Å². The van der Waals surface area contributed by atoms with E-state index in [1.807, 2.05) is 292 Å². The van der Waals surface area contributed by atoms with Crippen LogP contribution < -0.4 is 53.0 Å². The van der Waals surface area contributed by atoms with Crippen LogP contribution in [0.2, 0.25) is 0 Å². The maximum absolute atomic E-state index is 17.5. The van der Waals surface area contributed by atoms with E-state index in [9.17, 15) is 4.89 Å². The van der Waals surface area contributed by atoms with Crippen LogP contribution in [-0.2, 0) is 13.7 Å². The van der Waals surface area contributed by atoms with Crippen molar-refractivity contribution < 1.29 is 18.6 Å². The molecule has 14 aromatic rings. The number of hydrogen-bond acceptors (Lipinski definition) is 4. The molecule has 0 radical (unpaired) electrons. The Morgan fingerprint density at radius 1 is 0.322 bits per heavy atom. The van der Waals surface area contributed by atoms with Gasteiger partial charge in [0.15, 0.2) is 0 Å². The van der Waals surface area contributed by atoms with Crippen LogP contribution in [-0.4, -0.2) is 4.89 Å². The minimum absolute atomic E-state index is 0.494. The number of rotatable bonds is 14. The second-order valence-electron chi connectivity index (χ2n) is 22.2. The van der Waals surface area contributed by atoms with Crippen LogP contribution in [0.5, 0.6) is 0 Å². The van der Waals surface area contributed by atoms with Gasteiger partial charge in [0.1, 0.15) is 0 Å². The Morgan fingerprint density at radius 2 is 0.575 bits per heavy atom. The molecule has 8 heteroatoms. The molecule has 0 spiro atoms. The van der Waals surface area contributed by atoms with Crippen molar-refractivity contribution in [1.29, 1.82) is 0 Å². The predicted molar refractivity (Wildman–Crippen MR) is 378 cm³/mol. The van der Waals surface area contributed by atoms with Gasteiger partial charge in [0.25, 0.3) is 0 Å². The molecular formula is C79H60O4P4. The van der Waals surface area contributed by atoms with Crippen molar-refractivity contribution in [3.8, 4) is 0 Å². The van der Waals surface area contributed by atoms with E-state index >= 15 is 13.7 Å². The zero-order chi connectivity index (χ0) is 59.3. The SMILES string of the molecule is C=C(/C=C\C(=C/C)P(=O)(c1ccc(P(=O)(c2cccc3ccccc23)c2cccc3ccccc23)cc1)c1ccc(P(=O)(c2cccc3ccccc23)c2cccc3ccccc23)cc1)[PH](O)(c1cccc2ccccc12)c1cccc2ccccc12. The van der Waals surface area contributed by atoms with Crippen LogP contribution in [0.1, 0.15) is 6.92 Å². The fourth-order valence-corrected chi connectivity index (χ4v) is 25.2. The van der Waals surface area contributed by atoms with Crippen LogP contribution in [0.15, 0.2) is 339 Å². The summed E-state index contributed by atoms with van der Waals surface area (Å²) >= 11 is 0. The number of hydrogen-bond donors (Lipinski definition) is 1. The molecule has 0 fully saturated rings. The van der Waals surface area contributed by atoms with Crippen molar-refractivity contribution in [3.63, 3.8) is 0 Å². The molecule has 4 nitrogen and oxygen atoms in total. The van der Waals surface area contributed by atoms with Crippen molar-refractivity contribution in [2.45, 2.75) is 6.92 Å². The van der Waals surface area contributed by atoms with Crippen LogP contribution in [0, 0.1) is 0 Å². The number of allylic oxidation sites excluding steroid dienone is 5. The van der Waals surface area contributed by atoms with Crippen molar-refractivity contribution in [1.82, 2.24) is 0 Å². The molecule has 0 aliphatic rings. The quantitative estimate of drug-likeness (QED) is 0.0870. The summed E-state index contributed by atoms with van der Waals surface area (Å²) in [7, 11) is -15.3. The molecule has 0 atom stereocenters. The summed E-state index contributed by atoms with van der Waals surface area (Å²) in [6.45, 7) is 6.64. The molecule has 14 rings (SSSR count). The van der Waals surface area contributed by atoms with Gasteiger partial charge >= 0.3 is 344 Å². The number of fused-ring (bicyclic) bond motifs is 6. The summed E-state index contributed by atoms with van der Waals surface area (Å²) < 4.78 is 51.3. The molecule has 0 aliphatic carbocycles. The fraction of sp³-hybridized carbons (Fsp3) is 0.0127. The third-order valence-electron chi connectivity index (χ3n) is 17.5. The molecular weight excluding hydrogens is 1140 g/mol. The Bertz CT molecular complexity index is 4770. The molecule has 1 N–H and O–H groups in total. The van der Waals surface area contributed by atoms with Gasteiger partial charge < -0.3 is 0 Å². The molecule has 0 saturated carbocycles. The number of benzene rings is 14. The molecule has 14 aromatic carbocycles. The van der Waals surface area contributed by atoms with Crippen molar-refractivity contribution in [2.75, 3.05) is 0 Å². The summed E-state index contributed by atoms with van der Waals surface area (Å²) in [5.74, 6) is 0. The van der Waals surface area contributed by atoms with E-state index in [-0.39, 0.29) is 0 Å². The molecule has 420 valence electrons. The summed E-state index contributed by atoms with van der Waals surface area (Å²) in [5.41, 5.74) is 0.